The Kier molecular flexibility index (Phi) is 9.95. The summed E-state index contributed by atoms with van der Waals surface area (Å²) in [6.45, 7) is 6.50. The van der Waals surface area contributed by atoms with Crippen molar-refractivity contribution in [3.63, 3.8) is 0 Å². The number of unbranched alkanes of at least 4 members (excludes halogenated alkanes) is 1. The second-order valence-corrected chi connectivity index (χ2v) is 8.45. The van der Waals surface area contributed by atoms with Crippen LogP contribution in [0.5, 0.6) is 0 Å². The summed E-state index contributed by atoms with van der Waals surface area (Å²) in [4.78, 5) is 60.7. The van der Waals surface area contributed by atoms with E-state index in [1.165, 1.54) is 26.8 Å². The van der Waals surface area contributed by atoms with Gasteiger partial charge in [-0.2, -0.15) is 0 Å². The third kappa shape index (κ3) is 8.21. The number of nitrogens with one attached hydrogen (secondary N) is 4. The van der Waals surface area contributed by atoms with Crippen molar-refractivity contribution in [3.8, 4) is 0 Å². The highest BCUT2D eigenvalue weighted by molar-refractivity contribution is 5.99. The lowest BCUT2D eigenvalue weighted by molar-refractivity contribution is -0.132. The van der Waals surface area contributed by atoms with Crippen LogP contribution in [0.25, 0.3) is 11.0 Å². The van der Waals surface area contributed by atoms with Gasteiger partial charge >= 0.3 is 5.63 Å². The number of anilines is 1. The van der Waals surface area contributed by atoms with Gasteiger partial charge in [-0.1, -0.05) is 0 Å². The summed E-state index contributed by atoms with van der Waals surface area (Å²) in [5.74, 6) is -1.92. The molecule has 0 saturated carbocycles. The third-order valence-electron chi connectivity index (χ3n) is 5.36. The molecule has 1 aromatic heterocycles. The van der Waals surface area contributed by atoms with Gasteiger partial charge in [0.15, 0.2) is 0 Å². The van der Waals surface area contributed by atoms with Crippen LogP contribution in [0.15, 0.2) is 33.5 Å². The van der Waals surface area contributed by atoms with E-state index in [0.717, 1.165) is 10.9 Å². The Morgan fingerprint density at radius 1 is 0.943 bits per heavy atom. The Morgan fingerprint density at radius 2 is 1.60 bits per heavy atom. The molecule has 3 atom stereocenters. The van der Waals surface area contributed by atoms with Crippen LogP contribution in [0.4, 0.5) is 5.69 Å². The van der Waals surface area contributed by atoms with E-state index < -0.39 is 41.5 Å². The fraction of sp³-hybridized carbons (Fsp3) is 0.458. The minimum atomic E-state index is -0.943. The normalized spacial score (nSPS) is 13.4. The lowest BCUT2D eigenvalue weighted by Gasteiger charge is -2.22. The first-order valence-electron chi connectivity index (χ1n) is 11.4. The average Bonchev–Trinajstić information content (AvgIpc) is 2.77. The van der Waals surface area contributed by atoms with Crippen molar-refractivity contribution in [2.45, 2.75) is 65.1 Å². The van der Waals surface area contributed by atoms with Crippen molar-refractivity contribution in [2.75, 3.05) is 11.9 Å². The number of carbonyl (C=O) groups excluding carboxylic acids is 4. The van der Waals surface area contributed by atoms with E-state index in [4.69, 9.17) is 10.2 Å². The second kappa shape index (κ2) is 12.7. The van der Waals surface area contributed by atoms with E-state index in [-0.39, 0.29) is 5.91 Å². The van der Waals surface area contributed by atoms with Gasteiger partial charge in [0.25, 0.3) is 0 Å². The number of aryl methyl sites for hydroxylation is 1. The second-order valence-electron chi connectivity index (χ2n) is 8.45. The maximum absolute atomic E-state index is 13.0. The van der Waals surface area contributed by atoms with Crippen LogP contribution < -0.4 is 32.6 Å². The van der Waals surface area contributed by atoms with Gasteiger partial charge < -0.3 is 31.4 Å². The Balaban J connectivity index is 2.10. The fourth-order valence-electron chi connectivity index (χ4n) is 3.46. The number of nitrogens with two attached hydrogens (primary N) is 1. The number of carbonyl (C=O) groups is 4. The molecule has 0 aliphatic carbocycles. The Labute approximate surface area is 203 Å². The number of amides is 4. The van der Waals surface area contributed by atoms with E-state index in [1.54, 1.807) is 25.1 Å². The minimum Gasteiger partial charge on any atom is -0.423 e. The summed E-state index contributed by atoms with van der Waals surface area (Å²) in [5.41, 5.74) is 6.56. The number of hydrogen-bond acceptors (Lipinski definition) is 7. The quantitative estimate of drug-likeness (QED) is 0.229. The van der Waals surface area contributed by atoms with Crippen molar-refractivity contribution < 1.29 is 23.6 Å². The lowest BCUT2D eigenvalue weighted by Crippen LogP contribution is -2.54. The molecule has 0 bridgehead atoms. The van der Waals surface area contributed by atoms with Crippen LogP contribution in [-0.4, -0.2) is 48.3 Å². The number of benzene rings is 1. The van der Waals surface area contributed by atoms with Gasteiger partial charge in [-0.3, -0.25) is 19.2 Å². The van der Waals surface area contributed by atoms with Gasteiger partial charge in [-0.15, -0.1) is 0 Å². The molecular weight excluding hydrogens is 454 g/mol. The van der Waals surface area contributed by atoms with E-state index in [1.807, 2.05) is 0 Å². The molecular formula is C24H33N5O6. The molecule has 6 N–H and O–H groups in total. The molecule has 0 unspecified atom stereocenters. The molecule has 11 heteroatoms. The smallest absolute Gasteiger partial charge is 0.336 e. The predicted molar refractivity (Wildman–Crippen MR) is 132 cm³/mol. The van der Waals surface area contributed by atoms with Crippen LogP contribution in [0.3, 0.4) is 0 Å². The number of hydrogen-bond donors (Lipinski definition) is 5. The van der Waals surface area contributed by atoms with Crippen molar-refractivity contribution in [1.29, 1.82) is 0 Å². The summed E-state index contributed by atoms with van der Waals surface area (Å²) in [6.07, 6.45) is 1.60. The first-order chi connectivity index (χ1) is 16.5. The molecule has 35 heavy (non-hydrogen) atoms. The molecule has 0 fully saturated rings. The zero-order chi connectivity index (χ0) is 26.1. The van der Waals surface area contributed by atoms with Crippen molar-refractivity contribution >= 4 is 40.3 Å². The number of rotatable bonds is 11. The van der Waals surface area contributed by atoms with Crippen LogP contribution in [0.2, 0.25) is 0 Å². The highest BCUT2D eigenvalue weighted by Crippen LogP contribution is 2.21. The molecule has 190 valence electrons. The molecule has 2 aromatic rings. The van der Waals surface area contributed by atoms with E-state index in [0.29, 0.717) is 37.1 Å². The molecule has 0 aliphatic heterocycles. The molecule has 11 nitrogen and oxygen atoms in total. The van der Waals surface area contributed by atoms with Crippen LogP contribution in [-0.2, 0) is 19.2 Å². The predicted octanol–water partition coefficient (Wildman–Crippen LogP) is 0.683. The molecule has 4 amide bonds. The van der Waals surface area contributed by atoms with Crippen molar-refractivity contribution in [1.82, 2.24) is 16.0 Å². The summed E-state index contributed by atoms with van der Waals surface area (Å²) >= 11 is 0. The minimum absolute atomic E-state index is 0.333. The largest absolute Gasteiger partial charge is 0.423 e. The topological polar surface area (TPSA) is 173 Å². The summed E-state index contributed by atoms with van der Waals surface area (Å²) in [5, 5.41) is 11.1. The van der Waals surface area contributed by atoms with E-state index in [9.17, 15) is 24.0 Å². The zero-order valence-electron chi connectivity index (χ0n) is 20.4. The molecule has 0 aliphatic rings. The highest BCUT2D eigenvalue weighted by atomic mass is 16.4. The third-order valence-corrected chi connectivity index (χ3v) is 5.36. The first kappa shape index (κ1) is 27.5. The maximum atomic E-state index is 13.0. The summed E-state index contributed by atoms with van der Waals surface area (Å²) in [7, 11) is 0. The molecule has 1 aromatic carbocycles. The Morgan fingerprint density at radius 3 is 2.26 bits per heavy atom. The maximum Gasteiger partial charge on any atom is 0.336 e. The van der Waals surface area contributed by atoms with Crippen LogP contribution in [0, 0.1) is 6.92 Å². The lowest BCUT2D eigenvalue weighted by atomic mass is 10.1. The van der Waals surface area contributed by atoms with Gasteiger partial charge in [0.1, 0.15) is 23.7 Å². The van der Waals surface area contributed by atoms with Crippen LogP contribution >= 0.6 is 0 Å². The highest BCUT2D eigenvalue weighted by Gasteiger charge is 2.25. The fourth-order valence-corrected chi connectivity index (χ4v) is 3.46. The molecule has 0 radical (unpaired) electrons. The molecule has 0 saturated heterocycles. The first-order valence-corrected chi connectivity index (χ1v) is 11.4. The van der Waals surface area contributed by atoms with Crippen LogP contribution in [0.1, 0.15) is 45.6 Å². The Hall–Kier alpha value is -3.73. The molecule has 1 heterocycles. The van der Waals surface area contributed by atoms with E-state index >= 15 is 0 Å². The average molecular weight is 488 g/mol. The van der Waals surface area contributed by atoms with Crippen molar-refractivity contribution in [3.05, 3.63) is 40.2 Å². The van der Waals surface area contributed by atoms with E-state index in [2.05, 4.69) is 21.3 Å². The molecule has 0 spiro atoms. The standard InChI is InChI=1S/C24H33N5O6/c1-13-11-21(31)35-20-12-17(8-9-18(13)20)28-24(34)19(7-5-6-10-25)29-23(33)15(3)27-22(32)14(2)26-16(4)30/h8-9,11-12,14-15,19H,5-7,10,25H2,1-4H3,(H,26,30)(H,27,32)(H,28,34)(H,29,33)/t14-,15-,19-/m0/s1. The SMILES string of the molecule is CC(=O)N[C@@H](C)C(=O)N[C@@H](C)C(=O)N[C@@H](CCCCN)C(=O)Nc1ccc2c(C)cc(=O)oc2c1. The Bertz CT molecular complexity index is 1140. The summed E-state index contributed by atoms with van der Waals surface area (Å²) < 4.78 is 5.22. The number of fused-ring (bicyclic) bond motifs is 1. The van der Waals surface area contributed by atoms with Gasteiger partial charge in [0.05, 0.1) is 0 Å². The van der Waals surface area contributed by atoms with Gasteiger partial charge in [-0.05, 0) is 64.3 Å². The van der Waals surface area contributed by atoms with Gasteiger partial charge in [0.2, 0.25) is 23.6 Å². The van der Waals surface area contributed by atoms with Gasteiger partial charge in [-0.25, -0.2) is 4.79 Å². The summed E-state index contributed by atoms with van der Waals surface area (Å²) in [6, 6.07) is 3.70. The zero-order valence-corrected chi connectivity index (χ0v) is 20.4. The molecule has 2 rings (SSSR count). The van der Waals surface area contributed by atoms with Gasteiger partial charge in [0, 0.05) is 30.1 Å². The van der Waals surface area contributed by atoms with Crippen molar-refractivity contribution in [2.24, 2.45) is 5.73 Å². The monoisotopic (exact) mass is 487 g/mol.